The van der Waals surface area contributed by atoms with Crippen molar-refractivity contribution in [3.8, 4) is 0 Å². The number of rotatable bonds is 7. The number of aryl methyl sites for hydroxylation is 1. The SMILES string of the molecule is O=C(O)Cc1ccc(S(=O)CCCc2ccccc2)cc1. The average molecular weight is 302 g/mol. The van der Waals surface area contributed by atoms with Crippen LogP contribution in [0.2, 0.25) is 0 Å². The lowest BCUT2D eigenvalue weighted by Gasteiger charge is -2.04. The van der Waals surface area contributed by atoms with Gasteiger partial charge in [0.25, 0.3) is 0 Å². The third-order valence-electron chi connectivity index (χ3n) is 3.18. The fraction of sp³-hybridized carbons (Fsp3) is 0.235. The molecule has 0 spiro atoms. The number of hydrogen-bond donors (Lipinski definition) is 1. The lowest BCUT2D eigenvalue weighted by atomic mass is 10.1. The fourth-order valence-corrected chi connectivity index (χ4v) is 3.19. The summed E-state index contributed by atoms with van der Waals surface area (Å²) in [4.78, 5) is 11.4. The van der Waals surface area contributed by atoms with Crippen LogP contribution in [-0.4, -0.2) is 21.0 Å². The summed E-state index contributed by atoms with van der Waals surface area (Å²) in [6.45, 7) is 0. The Bertz CT molecular complexity index is 606. The number of carboxylic acids is 1. The maximum absolute atomic E-state index is 12.2. The van der Waals surface area contributed by atoms with E-state index in [0.29, 0.717) is 5.75 Å². The predicted octanol–water partition coefficient (Wildman–Crippen LogP) is 3.05. The van der Waals surface area contributed by atoms with Crippen LogP contribution in [-0.2, 0) is 28.4 Å². The van der Waals surface area contributed by atoms with E-state index in [9.17, 15) is 9.00 Å². The maximum atomic E-state index is 12.2. The van der Waals surface area contributed by atoms with Gasteiger partial charge in [-0.25, -0.2) is 0 Å². The lowest BCUT2D eigenvalue weighted by Crippen LogP contribution is -2.02. The lowest BCUT2D eigenvalue weighted by molar-refractivity contribution is -0.136. The first-order valence-corrected chi connectivity index (χ1v) is 8.20. The Kier molecular flexibility index (Phi) is 5.69. The van der Waals surface area contributed by atoms with Crippen molar-refractivity contribution in [2.24, 2.45) is 0 Å². The molecule has 0 fully saturated rings. The highest BCUT2D eigenvalue weighted by Gasteiger charge is 2.05. The van der Waals surface area contributed by atoms with Crippen LogP contribution in [0.15, 0.2) is 59.5 Å². The van der Waals surface area contributed by atoms with Gasteiger partial charge in [-0.05, 0) is 36.1 Å². The first-order chi connectivity index (χ1) is 10.1. The van der Waals surface area contributed by atoms with Gasteiger partial charge in [-0.15, -0.1) is 0 Å². The van der Waals surface area contributed by atoms with E-state index in [-0.39, 0.29) is 6.42 Å². The molecular formula is C17H18O3S. The minimum absolute atomic E-state index is 0.000915. The summed E-state index contributed by atoms with van der Waals surface area (Å²) in [5.41, 5.74) is 1.99. The Balaban J connectivity index is 1.84. The average Bonchev–Trinajstić information content (AvgIpc) is 2.48. The second-order valence-corrected chi connectivity index (χ2v) is 6.42. The van der Waals surface area contributed by atoms with E-state index in [2.05, 4.69) is 12.1 Å². The molecule has 1 atom stereocenters. The molecule has 2 rings (SSSR count). The molecule has 0 saturated heterocycles. The van der Waals surface area contributed by atoms with Crippen LogP contribution < -0.4 is 0 Å². The quantitative estimate of drug-likeness (QED) is 0.855. The van der Waals surface area contributed by atoms with Gasteiger partial charge in [0.1, 0.15) is 0 Å². The smallest absolute Gasteiger partial charge is 0.307 e. The van der Waals surface area contributed by atoms with Crippen molar-refractivity contribution in [2.45, 2.75) is 24.2 Å². The van der Waals surface area contributed by atoms with Gasteiger partial charge in [0.15, 0.2) is 0 Å². The van der Waals surface area contributed by atoms with Gasteiger partial charge in [-0.1, -0.05) is 42.5 Å². The van der Waals surface area contributed by atoms with Crippen LogP contribution in [0.3, 0.4) is 0 Å². The summed E-state index contributed by atoms with van der Waals surface area (Å²) in [7, 11) is -1.03. The zero-order chi connectivity index (χ0) is 15.1. The molecule has 1 unspecified atom stereocenters. The number of carbonyl (C=O) groups is 1. The number of hydrogen-bond acceptors (Lipinski definition) is 2. The zero-order valence-corrected chi connectivity index (χ0v) is 12.5. The van der Waals surface area contributed by atoms with E-state index in [4.69, 9.17) is 5.11 Å². The largest absolute Gasteiger partial charge is 0.481 e. The molecule has 4 heteroatoms. The molecule has 21 heavy (non-hydrogen) atoms. The van der Waals surface area contributed by atoms with E-state index >= 15 is 0 Å². The van der Waals surface area contributed by atoms with Gasteiger partial charge in [0, 0.05) is 10.6 Å². The minimum Gasteiger partial charge on any atom is -0.481 e. The van der Waals surface area contributed by atoms with E-state index in [1.807, 2.05) is 18.2 Å². The van der Waals surface area contributed by atoms with Crippen molar-refractivity contribution in [1.29, 1.82) is 0 Å². The van der Waals surface area contributed by atoms with Crippen molar-refractivity contribution in [1.82, 2.24) is 0 Å². The molecule has 0 amide bonds. The number of carboxylic acid groups (broad SMARTS) is 1. The highest BCUT2D eigenvalue weighted by atomic mass is 32.2. The van der Waals surface area contributed by atoms with Crippen LogP contribution in [0.5, 0.6) is 0 Å². The summed E-state index contributed by atoms with van der Waals surface area (Å²) in [6, 6.07) is 17.1. The Morgan fingerprint density at radius 2 is 1.62 bits per heavy atom. The minimum atomic E-state index is -1.03. The molecule has 3 nitrogen and oxygen atoms in total. The molecule has 0 aliphatic rings. The van der Waals surface area contributed by atoms with E-state index < -0.39 is 16.8 Å². The monoisotopic (exact) mass is 302 g/mol. The first kappa shape index (κ1) is 15.4. The summed E-state index contributed by atoms with van der Waals surface area (Å²) in [5, 5.41) is 8.71. The van der Waals surface area contributed by atoms with Gasteiger partial charge in [-0.2, -0.15) is 0 Å². The standard InChI is InChI=1S/C17H18O3S/c18-17(19)13-15-8-10-16(11-9-15)21(20)12-4-7-14-5-2-1-3-6-14/h1-3,5-6,8-11H,4,7,12-13H2,(H,18,19). The molecule has 1 N–H and O–H groups in total. The number of benzene rings is 2. The van der Waals surface area contributed by atoms with Crippen LogP contribution >= 0.6 is 0 Å². The third-order valence-corrected chi connectivity index (χ3v) is 4.64. The van der Waals surface area contributed by atoms with Crippen LogP contribution in [0, 0.1) is 0 Å². The fourth-order valence-electron chi connectivity index (χ4n) is 2.10. The van der Waals surface area contributed by atoms with E-state index in [0.717, 1.165) is 23.3 Å². The molecule has 0 aliphatic carbocycles. The summed E-state index contributed by atoms with van der Waals surface area (Å²) >= 11 is 0. The van der Waals surface area contributed by atoms with Crippen molar-refractivity contribution >= 4 is 16.8 Å². The van der Waals surface area contributed by atoms with Gasteiger partial charge in [0.05, 0.1) is 17.2 Å². The molecule has 0 aliphatic heterocycles. The van der Waals surface area contributed by atoms with Gasteiger partial charge < -0.3 is 5.11 Å². The molecule has 0 aromatic heterocycles. The molecular weight excluding hydrogens is 284 g/mol. The molecule has 0 heterocycles. The Morgan fingerprint density at radius 3 is 2.24 bits per heavy atom. The summed E-state index contributed by atoms with van der Waals surface area (Å²) in [6.07, 6.45) is 1.79. The van der Waals surface area contributed by atoms with Crippen LogP contribution in [0.4, 0.5) is 0 Å². The first-order valence-electron chi connectivity index (χ1n) is 6.88. The normalized spacial score (nSPS) is 12.0. The maximum Gasteiger partial charge on any atom is 0.307 e. The summed E-state index contributed by atoms with van der Waals surface area (Å²) in [5.74, 6) is -0.237. The Hall–Kier alpha value is -1.94. The Labute approximate surface area is 127 Å². The van der Waals surface area contributed by atoms with Gasteiger partial charge >= 0.3 is 5.97 Å². The second kappa shape index (κ2) is 7.74. The van der Waals surface area contributed by atoms with E-state index in [1.54, 1.807) is 24.3 Å². The van der Waals surface area contributed by atoms with Gasteiger partial charge in [0.2, 0.25) is 0 Å². The van der Waals surface area contributed by atoms with Gasteiger partial charge in [-0.3, -0.25) is 9.00 Å². The molecule has 0 radical (unpaired) electrons. The molecule has 2 aromatic carbocycles. The predicted molar refractivity (Wildman–Crippen MR) is 83.8 cm³/mol. The molecule has 110 valence electrons. The molecule has 2 aromatic rings. The topological polar surface area (TPSA) is 54.4 Å². The van der Waals surface area contributed by atoms with Crippen molar-refractivity contribution < 1.29 is 14.1 Å². The molecule has 0 bridgehead atoms. The summed E-state index contributed by atoms with van der Waals surface area (Å²) < 4.78 is 12.2. The Morgan fingerprint density at radius 1 is 0.952 bits per heavy atom. The second-order valence-electron chi connectivity index (χ2n) is 4.85. The zero-order valence-electron chi connectivity index (χ0n) is 11.7. The highest BCUT2D eigenvalue weighted by Crippen LogP contribution is 2.12. The highest BCUT2D eigenvalue weighted by molar-refractivity contribution is 7.85. The van der Waals surface area contributed by atoms with Crippen LogP contribution in [0.25, 0.3) is 0 Å². The van der Waals surface area contributed by atoms with Crippen LogP contribution in [0.1, 0.15) is 17.5 Å². The van der Waals surface area contributed by atoms with E-state index in [1.165, 1.54) is 5.56 Å². The number of aliphatic carboxylic acids is 1. The van der Waals surface area contributed by atoms with Crippen molar-refractivity contribution in [3.63, 3.8) is 0 Å². The third kappa shape index (κ3) is 5.16. The molecule has 0 saturated carbocycles. The van der Waals surface area contributed by atoms with Crippen molar-refractivity contribution in [2.75, 3.05) is 5.75 Å². The van der Waals surface area contributed by atoms with Crippen molar-refractivity contribution in [3.05, 3.63) is 65.7 Å².